The maximum atomic E-state index is 13.2. The lowest BCUT2D eigenvalue weighted by atomic mass is 10.1. The fraction of sp³-hybridized carbons (Fsp3) is 0.208. The van der Waals surface area contributed by atoms with Crippen LogP contribution in [0.25, 0.3) is 5.82 Å². The van der Waals surface area contributed by atoms with Crippen molar-refractivity contribution in [1.29, 1.82) is 0 Å². The number of hydrogen-bond donors (Lipinski definition) is 1. The van der Waals surface area contributed by atoms with Crippen LogP contribution in [0.15, 0.2) is 76.8 Å². The Morgan fingerprint density at radius 1 is 1.09 bits per heavy atom. The van der Waals surface area contributed by atoms with Crippen LogP contribution >= 0.6 is 0 Å². The third-order valence-corrected chi connectivity index (χ3v) is 7.34. The minimum absolute atomic E-state index is 0.0426. The van der Waals surface area contributed by atoms with Gasteiger partial charge in [-0.1, -0.05) is 18.2 Å². The highest BCUT2D eigenvalue weighted by molar-refractivity contribution is 7.92. The molecule has 0 aliphatic rings. The van der Waals surface area contributed by atoms with E-state index in [1.165, 1.54) is 27.3 Å². The number of ether oxygens (including phenoxy) is 1. The van der Waals surface area contributed by atoms with Crippen LogP contribution in [0.1, 0.15) is 23.7 Å². The molecule has 0 atom stereocenters. The fourth-order valence-corrected chi connectivity index (χ4v) is 5.12. The maximum absolute atomic E-state index is 13.2. The molecule has 4 rings (SSSR count). The lowest BCUT2D eigenvalue weighted by molar-refractivity contribution is 0.412. The van der Waals surface area contributed by atoms with Crippen molar-refractivity contribution in [2.75, 3.05) is 18.0 Å². The number of hydrogen-bond acceptors (Lipinski definition) is 6. The molecule has 34 heavy (non-hydrogen) atoms. The summed E-state index contributed by atoms with van der Waals surface area (Å²) >= 11 is 0. The number of methoxy groups -OCH3 is 1. The number of benzene rings is 1. The SMILES string of the molecule is CCN(c1ccccc1)S(=O)(=O)c1ccc(-n2[nH]c(C)c(Cc3cncc(OC)c3)c2=O)nc1. The summed E-state index contributed by atoms with van der Waals surface area (Å²) in [6.45, 7) is 3.84. The zero-order valence-electron chi connectivity index (χ0n) is 19.1. The number of H-pyrrole nitrogens is 1. The average molecular weight is 480 g/mol. The number of para-hydroxylation sites is 1. The van der Waals surface area contributed by atoms with E-state index < -0.39 is 10.0 Å². The monoisotopic (exact) mass is 479 g/mol. The number of sulfonamides is 1. The van der Waals surface area contributed by atoms with E-state index in [0.29, 0.717) is 34.9 Å². The third-order valence-electron chi connectivity index (χ3n) is 5.45. The van der Waals surface area contributed by atoms with Crippen molar-refractivity contribution < 1.29 is 13.2 Å². The first-order valence-electron chi connectivity index (χ1n) is 10.7. The Bertz CT molecular complexity index is 1440. The Morgan fingerprint density at radius 3 is 2.50 bits per heavy atom. The molecule has 10 heteroatoms. The van der Waals surface area contributed by atoms with Crippen molar-refractivity contribution in [2.45, 2.75) is 25.2 Å². The molecule has 0 spiro atoms. The largest absolute Gasteiger partial charge is 0.495 e. The van der Waals surface area contributed by atoms with Crippen LogP contribution in [0.2, 0.25) is 0 Å². The van der Waals surface area contributed by atoms with Gasteiger partial charge in [-0.15, -0.1) is 0 Å². The molecule has 0 unspecified atom stereocenters. The molecule has 0 fully saturated rings. The van der Waals surface area contributed by atoms with E-state index in [2.05, 4.69) is 15.1 Å². The predicted molar refractivity (Wildman–Crippen MR) is 129 cm³/mol. The second kappa shape index (κ2) is 9.52. The second-order valence-corrected chi connectivity index (χ2v) is 9.49. The summed E-state index contributed by atoms with van der Waals surface area (Å²) in [5.41, 5.74) is 2.40. The van der Waals surface area contributed by atoms with Crippen molar-refractivity contribution in [3.63, 3.8) is 0 Å². The minimum atomic E-state index is -3.81. The number of pyridine rings is 2. The first-order chi connectivity index (χ1) is 16.3. The van der Waals surface area contributed by atoms with E-state index >= 15 is 0 Å². The number of nitrogens with one attached hydrogen (secondary N) is 1. The summed E-state index contributed by atoms with van der Waals surface area (Å²) in [5, 5.41) is 3.03. The lowest BCUT2D eigenvalue weighted by Gasteiger charge is -2.22. The van der Waals surface area contributed by atoms with E-state index in [0.717, 1.165) is 5.56 Å². The van der Waals surface area contributed by atoms with Gasteiger partial charge in [0.25, 0.3) is 15.6 Å². The number of anilines is 1. The van der Waals surface area contributed by atoms with Crippen LogP contribution in [-0.4, -0.2) is 41.8 Å². The summed E-state index contributed by atoms with van der Waals surface area (Å²) in [7, 11) is -2.25. The van der Waals surface area contributed by atoms with Crippen molar-refractivity contribution in [2.24, 2.45) is 0 Å². The average Bonchev–Trinajstić information content (AvgIpc) is 3.13. The van der Waals surface area contributed by atoms with Gasteiger partial charge in [-0.3, -0.25) is 19.2 Å². The van der Waals surface area contributed by atoms with Crippen LogP contribution in [-0.2, 0) is 16.4 Å². The Morgan fingerprint density at radius 2 is 1.85 bits per heavy atom. The van der Waals surface area contributed by atoms with Gasteiger partial charge in [0.2, 0.25) is 0 Å². The molecule has 4 aromatic rings. The van der Waals surface area contributed by atoms with Gasteiger partial charge in [0.1, 0.15) is 10.6 Å². The van der Waals surface area contributed by atoms with Crippen molar-refractivity contribution >= 4 is 15.7 Å². The molecule has 0 saturated carbocycles. The summed E-state index contributed by atoms with van der Waals surface area (Å²) < 4.78 is 34.2. The Labute approximate surface area is 197 Å². The molecule has 1 N–H and O–H groups in total. The van der Waals surface area contributed by atoms with Crippen molar-refractivity contribution in [1.82, 2.24) is 19.7 Å². The third kappa shape index (κ3) is 4.44. The van der Waals surface area contributed by atoms with E-state index in [4.69, 9.17) is 4.74 Å². The zero-order chi connectivity index (χ0) is 24.3. The number of aromatic amines is 1. The number of rotatable bonds is 8. The molecular weight excluding hydrogens is 454 g/mol. The first kappa shape index (κ1) is 23.2. The van der Waals surface area contributed by atoms with Crippen LogP contribution in [0, 0.1) is 6.92 Å². The minimum Gasteiger partial charge on any atom is -0.495 e. The van der Waals surface area contributed by atoms with E-state index in [9.17, 15) is 13.2 Å². The summed E-state index contributed by atoms with van der Waals surface area (Å²) in [4.78, 5) is 21.5. The standard InChI is InChI=1S/C24H25N5O4S/c1-4-28(19-8-6-5-7-9-19)34(31,32)21-10-11-23(26-16-21)29-24(30)22(17(2)27-29)13-18-12-20(33-3)15-25-14-18/h5-12,14-16,27H,4,13H2,1-3H3. The molecule has 176 valence electrons. The zero-order valence-corrected chi connectivity index (χ0v) is 19.9. The summed E-state index contributed by atoms with van der Waals surface area (Å²) in [5.74, 6) is 0.908. The highest BCUT2D eigenvalue weighted by Crippen LogP contribution is 2.23. The molecular formula is C24H25N5O4S. The Balaban J connectivity index is 1.63. The van der Waals surface area contributed by atoms with Crippen LogP contribution in [0.3, 0.4) is 0 Å². The molecule has 1 aromatic carbocycles. The van der Waals surface area contributed by atoms with E-state index in [-0.39, 0.29) is 17.0 Å². The van der Waals surface area contributed by atoms with Crippen molar-refractivity contribution in [3.05, 3.63) is 94.3 Å². The summed E-state index contributed by atoms with van der Waals surface area (Å²) in [6, 6.07) is 13.7. The van der Waals surface area contributed by atoms with Gasteiger partial charge in [-0.25, -0.2) is 18.1 Å². The highest BCUT2D eigenvalue weighted by Gasteiger charge is 2.24. The predicted octanol–water partition coefficient (Wildman–Crippen LogP) is 3.08. The quantitative estimate of drug-likeness (QED) is 0.416. The van der Waals surface area contributed by atoms with Gasteiger partial charge in [-0.05, 0) is 49.7 Å². The molecule has 0 aliphatic heterocycles. The molecule has 3 heterocycles. The molecule has 0 radical (unpaired) electrons. The number of aromatic nitrogens is 4. The van der Waals surface area contributed by atoms with Crippen molar-refractivity contribution in [3.8, 4) is 11.6 Å². The van der Waals surface area contributed by atoms with Crippen LogP contribution in [0.4, 0.5) is 5.69 Å². The Kier molecular flexibility index (Phi) is 6.51. The smallest absolute Gasteiger partial charge is 0.276 e. The first-order valence-corrected chi connectivity index (χ1v) is 12.1. The molecule has 0 bridgehead atoms. The van der Waals surface area contributed by atoms with Gasteiger partial charge >= 0.3 is 0 Å². The highest BCUT2D eigenvalue weighted by atomic mass is 32.2. The van der Waals surface area contributed by atoms with Gasteiger partial charge in [0.05, 0.1) is 19.0 Å². The fourth-order valence-electron chi connectivity index (χ4n) is 3.70. The normalized spacial score (nSPS) is 11.4. The maximum Gasteiger partial charge on any atom is 0.276 e. The molecule has 3 aromatic heterocycles. The number of nitrogens with zero attached hydrogens (tertiary/aromatic N) is 4. The van der Waals surface area contributed by atoms with Gasteiger partial charge in [-0.2, -0.15) is 0 Å². The summed E-state index contributed by atoms with van der Waals surface area (Å²) in [6.07, 6.45) is 4.92. The molecule has 0 saturated heterocycles. The molecule has 9 nitrogen and oxygen atoms in total. The van der Waals surface area contributed by atoms with Gasteiger partial charge < -0.3 is 4.74 Å². The topological polar surface area (TPSA) is 110 Å². The molecule has 0 amide bonds. The van der Waals surface area contributed by atoms with Crippen LogP contribution in [0.5, 0.6) is 5.75 Å². The molecule has 0 aliphatic carbocycles. The second-order valence-electron chi connectivity index (χ2n) is 7.62. The van der Waals surface area contributed by atoms with E-state index in [1.54, 1.807) is 57.6 Å². The van der Waals surface area contributed by atoms with Gasteiger partial charge in [0, 0.05) is 36.6 Å². The number of aryl methyl sites for hydroxylation is 1. The van der Waals surface area contributed by atoms with Gasteiger partial charge in [0.15, 0.2) is 5.82 Å². The van der Waals surface area contributed by atoms with E-state index in [1.807, 2.05) is 12.1 Å². The van der Waals surface area contributed by atoms with Crippen LogP contribution < -0.4 is 14.6 Å². The Hall–Kier alpha value is -3.92. The lowest BCUT2D eigenvalue weighted by Crippen LogP contribution is -2.30.